The number of nitriles is 1. The van der Waals surface area contributed by atoms with Gasteiger partial charge in [0.2, 0.25) is 10.0 Å². The lowest BCUT2D eigenvalue weighted by Crippen LogP contribution is -2.26. The Labute approximate surface area is 94.7 Å². The molecule has 0 radical (unpaired) electrons. The molecule has 0 amide bonds. The molecule has 0 unspecified atom stereocenters. The maximum atomic E-state index is 10.7. The van der Waals surface area contributed by atoms with Crippen LogP contribution in [0, 0.1) is 11.3 Å². The molecule has 6 heteroatoms. The number of nitrogens with one attached hydrogen (secondary N) is 1. The van der Waals surface area contributed by atoms with Gasteiger partial charge in [-0.2, -0.15) is 5.26 Å². The van der Waals surface area contributed by atoms with Crippen molar-refractivity contribution < 1.29 is 13.2 Å². The molecule has 0 aliphatic heterocycles. The molecule has 0 heterocycles. The highest BCUT2D eigenvalue weighted by molar-refractivity contribution is 7.88. The fourth-order valence-electron chi connectivity index (χ4n) is 1.02. The molecule has 0 saturated heterocycles. The average molecular weight is 240 g/mol. The first-order valence-corrected chi connectivity index (χ1v) is 6.48. The van der Waals surface area contributed by atoms with Crippen molar-refractivity contribution in [3.8, 4) is 11.8 Å². The summed E-state index contributed by atoms with van der Waals surface area (Å²) in [7, 11) is -3.16. The van der Waals surface area contributed by atoms with Crippen molar-refractivity contribution in [2.45, 2.75) is 0 Å². The Morgan fingerprint density at radius 3 is 2.50 bits per heavy atom. The molecule has 0 bridgehead atoms. The van der Waals surface area contributed by atoms with Crippen LogP contribution in [0.2, 0.25) is 0 Å². The second-order valence-electron chi connectivity index (χ2n) is 3.15. The van der Waals surface area contributed by atoms with E-state index in [9.17, 15) is 8.42 Å². The zero-order chi connectivity index (χ0) is 12.0. The van der Waals surface area contributed by atoms with E-state index in [2.05, 4.69) is 4.72 Å². The predicted molar refractivity (Wildman–Crippen MR) is 59.5 cm³/mol. The van der Waals surface area contributed by atoms with Crippen LogP contribution in [0.1, 0.15) is 5.56 Å². The van der Waals surface area contributed by atoms with Crippen LogP contribution in [0.5, 0.6) is 5.75 Å². The minimum atomic E-state index is -3.16. The molecule has 0 atom stereocenters. The molecule has 0 saturated carbocycles. The molecule has 16 heavy (non-hydrogen) atoms. The van der Waals surface area contributed by atoms with Crippen molar-refractivity contribution in [3.63, 3.8) is 0 Å². The van der Waals surface area contributed by atoms with Gasteiger partial charge in [-0.05, 0) is 24.3 Å². The number of ether oxygens (including phenoxy) is 1. The van der Waals surface area contributed by atoms with Gasteiger partial charge in [-0.1, -0.05) is 0 Å². The molecule has 1 N–H and O–H groups in total. The largest absolute Gasteiger partial charge is 0.492 e. The van der Waals surface area contributed by atoms with Gasteiger partial charge in [-0.15, -0.1) is 0 Å². The van der Waals surface area contributed by atoms with Crippen molar-refractivity contribution in [2.75, 3.05) is 19.4 Å². The molecule has 0 aliphatic rings. The lowest BCUT2D eigenvalue weighted by molar-refractivity contribution is 0.323. The van der Waals surface area contributed by atoms with Gasteiger partial charge in [-0.3, -0.25) is 0 Å². The molecule has 0 spiro atoms. The van der Waals surface area contributed by atoms with Crippen molar-refractivity contribution in [2.24, 2.45) is 0 Å². The third-order valence-electron chi connectivity index (χ3n) is 1.72. The van der Waals surface area contributed by atoms with Gasteiger partial charge in [-0.25, -0.2) is 13.1 Å². The Hall–Kier alpha value is -1.58. The molecule has 0 fully saturated rings. The quantitative estimate of drug-likeness (QED) is 0.759. The number of rotatable bonds is 5. The Bertz CT molecular complexity index is 474. The van der Waals surface area contributed by atoms with E-state index in [4.69, 9.17) is 10.00 Å². The van der Waals surface area contributed by atoms with Crippen LogP contribution in [0.3, 0.4) is 0 Å². The summed E-state index contributed by atoms with van der Waals surface area (Å²) in [6.07, 6.45) is 1.09. The third kappa shape index (κ3) is 4.77. The molecule has 5 nitrogen and oxygen atoms in total. The Balaban J connectivity index is 2.36. The minimum absolute atomic E-state index is 0.221. The van der Waals surface area contributed by atoms with Crippen LogP contribution < -0.4 is 9.46 Å². The SMILES string of the molecule is CS(=O)(=O)NCCOc1ccc(C#N)cc1. The Morgan fingerprint density at radius 1 is 1.38 bits per heavy atom. The highest BCUT2D eigenvalue weighted by Gasteiger charge is 1.99. The van der Waals surface area contributed by atoms with Crippen LogP contribution in [-0.4, -0.2) is 27.8 Å². The van der Waals surface area contributed by atoms with Crippen molar-refractivity contribution in [3.05, 3.63) is 29.8 Å². The van der Waals surface area contributed by atoms with E-state index < -0.39 is 10.0 Å². The normalized spacial score (nSPS) is 10.8. The lowest BCUT2D eigenvalue weighted by atomic mass is 10.2. The lowest BCUT2D eigenvalue weighted by Gasteiger charge is -2.06. The minimum Gasteiger partial charge on any atom is -0.492 e. The van der Waals surface area contributed by atoms with Crippen LogP contribution in [-0.2, 0) is 10.0 Å². The van der Waals surface area contributed by atoms with Gasteiger partial charge in [0.05, 0.1) is 17.9 Å². The van der Waals surface area contributed by atoms with E-state index >= 15 is 0 Å². The van der Waals surface area contributed by atoms with Gasteiger partial charge in [0, 0.05) is 6.54 Å². The molecular formula is C10H12N2O3S. The van der Waals surface area contributed by atoms with Crippen molar-refractivity contribution >= 4 is 10.0 Å². The first-order valence-electron chi connectivity index (χ1n) is 4.59. The fourth-order valence-corrected chi connectivity index (χ4v) is 1.48. The Kier molecular flexibility index (Phi) is 4.28. The van der Waals surface area contributed by atoms with Crippen molar-refractivity contribution in [1.82, 2.24) is 4.72 Å². The second kappa shape index (κ2) is 5.49. The number of benzene rings is 1. The summed E-state index contributed by atoms with van der Waals surface area (Å²) in [6.45, 7) is 0.470. The predicted octanol–water partition coefficient (Wildman–Crippen LogP) is 0.486. The standard InChI is InChI=1S/C10H12N2O3S/c1-16(13,14)12-6-7-15-10-4-2-9(8-11)3-5-10/h2-5,12H,6-7H2,1H3. The summed E-state index contributed by atoms with van der Waals surface area (Å²) < 4.78 is 29.0. The van der Waals surface area contributed by atoms with Gasteiger partial charge >= 0.3 is 0 Å². The van der Waals surface area contributed by atoms with E-state index in [0.29, 0.717) is 11.3 Å². The van der Waals surface area contributed by atoms with Crippen LogP contribution >= 0.6 is 0 Å². The molecule has 0 aromatic heterocycles. The number of hydrogen-bond donors (Lipinski definition) is 1. The highest BCUT2D eigenvalue weighted by atomic mass is 32.2. The molecule has 1 aromatic carbocycles. The van der Waals surface area contributed by atoms with Gasteiger partial charge in [0.15, 0.2) is 0 Å². The average Bonchev–Trinajstić information content (AvgIpc) is 2.24. The summed E-state index contributed by atoms with van der Waals surface area (Å²) in [5.74, 6) is 0.606. The van der Waals surface area contributed by atoms with Gasteiger partial charge in [0.25, 0.3) is 0 Å². The Morgan fingerprint density at radius 2 is 2.00 bits per heavy atom. The van der Waals surface area contributed by atoms with Gasteiger partial charge in [0.1, 0.15) is 12.4 Å². The summed E-state index contributed by atoms with van der Waals surface area (Å²) in [4.78, 5) is 0. The molecule has 86 valence electrons. The monoisotopic (exact) mass is 240 g/mol. The van der Waals surface area contributed by atoms with E-state index in [1.807, 2.05) is 6.07 Å². The van der Waals surface area contributed by atoms with Gasteiger partial charge < -0.3 is 4.74 Å². The smallest absolute Gasteiger partial charge is 0.208 e. The first kappa shape index (κ1) is 12.5. The zero-order valence-corrected chi connectivity index (χ0v) is 9.62. The van der Waals surface area contributed by atoms with Crippen LogP contribution in [0.15, 0.2) is 24.3 Å². The second-order valence-corrected chi connectivity index (χ2v) is 4.98. The molecule has 1 rings (SSSR count). The van der Waals surface area contributed by atoms with E-state index in [0.717, 1.165) is 6.26 Å². The summed E-state index contributed by atoms with van der Waals surface area (Å²) in [6, 6.07) is 8.60. The zero-order valence-electron chi connectivity index (χ0n) is 8.80. The molecular weight excluding hydrogens is 228 g/mol. The molecule has 1 aromatic rings. The van der Waals surface area contributed by atoms with Crippen LogP contribution in [0.4, 0.5) is 0 Å². The first-order chi connectivity index (χ1) is 7.51. The summed E-state index contributed by atoms with van der Waals surface area (Å²) in [5.41, 5.74) is 0.557. The third-order valence-corrected chi connectivity index (χ3v) is 2.45. The van der Waals surface area contributed by atoms with E-state index in [1.165, 1.54) is 0 Å². The fraction of sp³-hybridized carbons (Fsp3) is 0.300. The highest BCUT2D eigenvalue weighted by Crippen LogP contribution is 2.10. The number of sulfonamides is 1. The molecule has 0 aliphatic carbocycles. The maximum Gasteiger partial charge on any atom is 0.208 e. The topological polar surface area (TPSA) is 79.2 Å². The maximum absolute atomic E-state index is 10.7. The summed E-state index contributed by atoms with van der Waals surface area (Å²) >= 11 is 0. The van der Waals surface area contributed by atoms with E-state index in [1.54, 1.807) is 24.3 Å². The summed E-state index contributed by atoms with van der Waals surface area (Å²) in [5, 5.41) is 8.56. The van der Waals surface area contributed by atoms with Crippen molar-refractivity contribution in [1.29, 1.82) is 5.26 Å². The van der Waals surface area contributed by atoms with Crippen LogP contribution in [0.25, 0.3) is 0 Å². The number of nitrogens with zero attached hydrogens (tertiary/aromatic N) is 1. The number of hydrogen-bond acceptors (Lipinski definition) is 4. The van der Waals surface area contributed by atoms with E-state index in [-0.39, 0.29) is 13.2 Å².